The summed E-state index contributed by atoms with van der Waals surface area (Å²) in [6.07, 6.45) is 0.890. The first-order valence-corrected chi connectivity index (χ1v) is 8.32. The van der Waals surface area contributed by atoms with Crippen molar-refractivity contribution in [3.63, 3.8) is 0 Å². The molecule has 6 heteroatoms. The second-order valence-electron chi connectivity index (χ2n) is 4.49. The molecule has 2 heterocycles. The van der Waals surface area contributed by atoms with E-state index in [1.165, 1.54) is 11.3 Å². The van der Waals surface area contributed by atoms with E-state index in [2.05, 4.69) is 34.9 Å². The summed E-state index contributed by atoms with van der Waals surface area (Å²) in [6.45, 7) is 4.94. The fourth-order valence-electron chi connectivity index (χ4n) is 2.11. The number of aryl methyl sites for hydroxylation is 2. The van der Waals surface area contributed by atoms with Gasteiger partial charge < -0.3 is 9.84 Å². The number of thiophene rings is 1. The van der Waals surface area contributed by atoms with Gasteiger partial charge in [-0.05, 0) is 35.3 Å². The molecular weight excluding hydrogens is 340 g/mol. The summed E-state index contributed by atoms with van der Waals surface area (Å²) >= 11 is 5.12. The van der Waals surface area contributed by atoms with Crippen LogP contribution in [0.15, 0.2) is 15.9 Å². The molecule has 0 aliphatic rings. The fraction of sp³-hybridized carbons (Fsp3) is 0.500. The van der Waals surface area contributed by atoms with Gasteiger partial charge >= 0.3 is 0 Å². The minimum Gasteiger partial charge on any atom is -0.496 e. The Morgan fingerprint density at radius 1 is 1.50 bits per heavy atom. The molecule has 1 unspecified atom stereocenters. The number of methoxy groups -OCH3 is 1. The van der Waals surface area contributed by atoms with Crippen molar-refractivity contribution in [2.75, 3.05) is 7.11 Å². The second-order valence-corrected chi connectivity index (χ2v) is 6.22. The van der Waals surface area contributed by atoms with Gasteiger partial charge in [-0.1, -0.05) is 6.92 Å². The lowest BCUT2D eigenvalue weighted by Crippen LogP contribution is -2.08. The van der Waals surface area contributed by atoms with Crippen LogP contribution in [0.1, 0.15) is 36.2 Å². The largest absolute Gasteiger partial charge is 0.496 e. The maximum absolute atomic E-state index is 10.4. The van der Waals surface area contributed by atoms with Gasteiger partial charge in [0.15, 0.2) is 0 Å². The summed E-state index contributed by atoms with van der Waals surface area (Å²) in [5.41, 5.74) is 2.09. The summed E-state index contributed by atoms with van der Waals surface area (Å²) in [5, 5.41) is 16.9. The molecule has 2 aromatic heterocycles. The molecule has 1 atom stereocenters. The van der Waals surface area contributed by atoms with Crippen molar-refractivity contribution in [2.24, 2.45) is 0 Å². The highest BCUT2D eigenvalue weighted by molar-refractivity contribution is 9.10. The van der Waals surface area contributed by atoms with E-state index < -0.39 is 6.10 Å². The van der Waals surface area contributed by atoms with Crippen LogP contribution in [0.25, 0.3) is 0 Å². The number of rotatable bonds is 6. The molecule has 0 saturated heterocycles. The topological polar surface area (TPSA) is 47.3 Å². The molecule has 20 heavy (non-hydrogen) atoms. The lowest BCUT2D eigenvalue weighted by molar-refractivity contribution is 0.178. The third-order valence-corrected chi connectivity index (χ3v) is 5.17. The predicted molar refractivity (Wildman–Crippen MR) is 84.5 cm³/mol. The van der Waals surface area contributed by atoms with Crippen LogP contribution in [-0.2, 0) is 19.4 Å². The van der Waals surface area contributed by atoms with Crippen molar-refractivity contribution in [3.05, 3.63) is 32.2 Å². The third-order valence-electron chi connectivity index (χ3n) is 3.24. The zero-order chi connectivity index (χ0) is 14.7. The lowest BCUT2D eigenvalue weighted by atomic mass is 10.1. The minimum absolute atomic E-state index is 0.535. The number of nitrogens with zero attached hydrogens (tertiary/aromatic N) is 2. The van der Waals surface area contributed by atoms with Crippen LogP contribution >= 0.6 is 27.3 Å². The van der Waals surface area contributed by atoms with E-state index in [0.717, 1.165) is 39.5 Å². The number of hydrogen-bond acceptors (Lipinski definition) is 4. The SMILES string of the molecule is CCc1nn(CC)c(CC(O)c2cc(OC)cs2)c1Br. The van der Waals surface area contributed by atoms with Crippen LogP contribution in [0.4, 0.5) is 0 Å². The number of aliphatic hydroxyl groups excluding tert-OH is 1. The average molecular weight is 359 g/mol. The molecule has 1 N–H and O–H groups in total. The van der Waals surface area contributed by atoms with Crippen molar-refractivity contribution < 1.29 is 9.84 Å². The zero-order valence-electron chi connectivity index (χ0n) is 11.9. The lowest BCUT2D eigenvalue weighted by Gasteiger charge is -2.10. The summed E-state index contributed by atoms with van der Waals surface area (Å²) in [6, 6.07) is 1.89. The maximum atomic E-state index is 10.4. The molecular formula is C14H19BrN2O2S. The molecule has 0 fully saturated rings. The molecule has 0 bridgehead atoms. The first-order valence-electron chi connectivity index (χ1n) is 6.65. The molecule has 4 nitrogen and oxygen atoms in total. The maximum Gasteiger partial charge on any atom is 0.129 e. The highest BCUT2D eigenvalue weighted by Crippen LogP contribution is 2.31. The van der Waals surface area contributed by atoms with Gasteiger partial charge in [-0.2, -0.15) is 5.10 Å². The van der Waals surface area contributed by atoms with Crippen molar-refractivity contribution in [2.45, 2.75) is 39.3 Å². The van der Waals surface area contributed by atoms with E-state index >= 15 is 0 Å². The van der Waals surface area contributed by atoms with E-state index in [0.29, 0.717) is 6.42 Å². The van der Waals surface area contributed by atoms with Crippen LogP contribution in [0.5, 0.6) is 5.75 Å². The van der Waals surface area contributed by atoms with Gasteiger partial charge in [0.25, 0.3) is 0 Å². The highest BCUT2D eigenvalue weighted by Gasteiger charge is 2.19. The quantitative estimate of drug-likeness (QED) is 0.858. The van der Waals surface area contributed by atoms with Crippen LogP contribution in [-0.4, -0.2) is 22.0 Å². The number of aromatic nitrogens is 2. The molecule has 0 aromatic carbocycles. The molecule has 2 rings (SSSR count). The van der Waals surface area contributed by atoms with Gasteiger partial charge in [0.05, 0.1) is 29.1 Å². The second kappa shape index (κ2) is 6.74. The van der Waals surface area contributed by atoms with E-state index in [4.69, 9.17) is 4.74 Å². The van der Waals surface area contributed by atoms with Crippen molar-refractivity contribution in [1.82, 2.24) is 9.78 Å². The van der Waals surface area contributed by atoms with Gasteiger partial charge in [-0.3, -0.25) is 4.68 Å². The molecule has 0 aliphatic heterocycles. The summed E-state index contributed by atoms with van der Waals surface area (Å²) in [5.74, 6) is 0.793. The van der Waals surface area contributed by atoms with Gasteiger partial charge in [-0.15, -0.1) is 11.3 Å². The van der Waals surface area contributed by atoms with Crippen LogP contribution in [0.3, 0.4) is 0 Å². The predicted octanol–water partition coefficient (Wildman–Crippen LogP) is 3.57. The molecule has 0 radical (unpaired) electrons. The molecule has 0 amide bonds. The Bertz CT molecular complexity index is 580. The number of hydrogen-bond donors (Lipinski definition) is 1. The Morgan fingerprint density at radius 2 is 2.25 bits per heavy atom. The van der Waals surface area contributed by atoms with Gasteiger partial charge in [0.1, 0.15) is 5.75 Å². The molecule has 0 aliphatic carbocycles. The monoisotopic (exact) mass is 358 g/mol. The first-order chi connectivity index (χ1) is 9.60. The smallest absolute Gasteiger partial charge is 0.129 e. The fourth-order valence-corrected chi connectivity index (χ4v) is 3.68. The van der Waals surface area contributed by atoms with E-state index in [9.17, 15) is 5.11 Å². The molecule has 0 spiro atoms. The van der Waals surface area contributed by atoms with Crippen molar-refractivity contribution in [1.29, 1.82) is 0 Å². The Morgan fingerprint density at radius 3 is 2.80 bits per heavy atom. The van der Waals surface area contributed by atoms with Crippen LogP contribution in [0, 0.1) is 0 Å². The molecule has 110 valence electrons. The Labute approximate surface area is 131 Å². The Hall–Kier alpha value is -0.850. The van der Waals surface area contributed by atoms with Gasteiger partial charge in [0, 0.05) is 23.2 Å². The number of ether oxygens (including phenoxy) is 1. The average Bonchev–Trinajstić information content (AvgIpc) is 3.05. The van der Waals surface area contributed by atoms with Crippen LogP contribution < -0.4 is 4.74 Å². The Balaban J connectivity index is 2.22. The van der Waals surface area contributed by atoms with E-state index in [-0.39, 0.29) is 0 Å². The summed E-state index contributed by atoms with van der Waals surface area (Å²) in [7, 11) is 1.63. The van der Waals surface area contributed by atoms with E-state index in [1.54, 1.807) is 7.11 Å². The summed E-state index contributed by atoms with van der Waals surface area (Å²) in [4.78, 5) is 0.913. The molecule has 2 aromatic rings. The summed E-state index contributed by atoms with van der Waals surface area (Å²) < 4.78 is 8.13. The van der Waals surface area contributed by atoms with Gasteiger partial charge in [0.2, 0.25) is 0 Å². The van der Waals surface area contributed by atoms with Crippen LogP contribution in [0.2, 0.25) is 0 Å². The minimum atomic E-state index is -0.535. The van der Waals surface area contributed by atoms with Gasteiger partial charge in [-0.25, -0.2) is 0 Å². The van der Waals surface area contributed by atoms with E-state index in [1.807, 2.05) is 16.1 Å². The zero-order valence-corrected chi connectivity index (χ0v) is 14.3. The van der Waals surface area contributed by atoms with Crippen molar-refractivity contribution in [3.8, 4) is 5.75 Å². The molecule has 0 saturated carbocycles. The first kappa shape index (κ1) is 15.5. The highest BCUT2D eigenvalue weighted by atomic mass is 79.9. The van der Waals surface area contributed by atoms with Crippen molar-refractivity contribution >= 4 is 27.3 Å². The third kappa shape index (κ3) is 3.07. The standard InChI is InChI=1S/C14H19BrN2O2S/c1-4-10-14(15)11(17(5-2)16-10)7-12(18)13-6-9(19-3)8-20-13/h6,8,12,18H,4-5,7H2,1-3H3. The normalized spacial score (nSPS) is 12.7. The number of halogens is 1. The number of aliphatic hydroxyl groups is 1. The Kier molecular flexibility index (Phi) is 5.23.